The Kier molecular flexibility index (Phi) is 6.22. The van der Waals surface area contributed by atoms with E-state index in [1.54, 1.807) is 0 Å². The normalized spacial score (nSPS) is 32.5. The standard InChI is InChI=1S/C14H25BN2O5/c16-10-3-1-9(2-4-10)7-13(18)17-12-6-5-11(8-14(19)20)22-15(12)21/h9-12,21H,1-8,16H2,(H,17,18)(H,19,20)/t9-,10+,11-,12-/m0/s1. The second kappa shape index (κ2) is 7.94. The third-order valence-electron chi connectivity index (χ3n) is 4.59. The molecule has 8 heteroatoms. The van der Waals surface area contributed by atoms with Gasteiger partial charge in [0.25, 0.3) is 0 Å². The van der Waals surface area contributed by atoms with Gasteiger partial charge in [-0.25, -0.2) is 0 Å². The van der Waals surface area contributed by atoms with Crippen LogP contribution in [0, 0.1) is 5.92 Å². The van der Waals surface area contributed by atoms with E-state index < -0.39 is 25.1 Å². The molecule has 0 aromatic carbocycles. The van der Waals surface area contributed by atoms with E-state index in [2.05, 4.69) is 5.32 Å². The van der Waals surface area contributed by atoms with Crippen LogP contribution in [0.3, 0.4) is 0 Å². The zero-order valence-corrected chi connectivity index (χ0v) is 12.7. The molecule has 1 amide bonds. The Hall–Kier alpha value is -1.12. The van der Waals surface area contributed by atoms with Crippen molar-refractivity contribution in [1.29, 1.82) is 0 Å². The number of nitrogens with two attached hydrogens (primary N) is 1. The van der Waals surface area contributed by atoms with Crippen LogP contribution >= 0.6 is 0 Å². The van der Waals surface area contributed by atoms with E-state index in [4.69, 9.17) is 15.5 Å². The van der Waals surface area contributed by atoms with Gasteiger partial charge >= 0.3 is 13.1 Å². The monoisotopic (exact) mass is 312 g/mol. The summed E-state index contributed by atoms with van der Waals surface area (Å²) in [5.41, 5.74) is 5.85. The van der Waals surface area contributed by atoms with E-state index in [1.807, 2.05) is 0 Å². The predicted octanol–water partition coefficient (Wildman–Crippen LogP) is 0.0522. The molecule has 124 valence electrons. The lowest BCUT2D eigenvalue weighted by Crippen LogP contribution is -2.53. The topological polar surface area (TPSA) is 122 Å². The maximum absolute atomic E-state index is 12.1. The van der Waals surface area contributed by atoms with E-state index in [-0.39, 0.29) is 18.4 Å². The van der Waals surface area contributed by atoms with Crippen molar-refractivity contribution in [2.75, 3.05) is 0 Å². The van der Waals surface area contributed by atoms with Crippen LogP contribution in [0.5, 0.6) is 0 Å². The summed E-state index contributed by atoms with van der Waals surface area (Å²) in [6, 6.07) is 0.263. The maximum Gasteiger partial charge on any atom is 0.478 e. The highest BCUT2D eigenvalue weighted by Crippen LogP contribution is 2.26. The fourth-order valence-corrected chi connectivity index (χ4v) is 3.28. The quantitative estimate of drug-likeness (QED) is 0.532. The number of hydrogen-bond acceptors (Lipinski definition) is 5. The molecule has 0 aromatic rings. The first-order chi connectivity index (χ1) is 10.4. The molecule has 5 N–H and O–H groups in total. The van der Waals surface area contributed by atoms with Gasteiger partial charge in [-0.3, -0.25) is 9.59 Å². The number of nitrogens with one attached hydrogen (secondary N) is 1. The number of aliphatic carboxylic acids is 1. The third kappa shape index (κ3) is 5.26. The molecule has 0 radical (unpaired) electrons. The molecule has 0 unspecified atom stereocenters. The Morgan fingerprint density at radius 2 is 1.82 bits per heavy atom. The van der Waals surface area contributed by atoms with Crippen LogP contribution in [0.1, 0.15) is 51.4 Å². The molecule has 0 spiro atoms. The lowest BCUT2D eigenvalue weighted by molar-refractivity contribution is -0.139. The molecule has 2 fully saturated rings. The SMILES string of the molecule is N[C@H]1CC[C@@H](CC(=O)N[C@H]2CC[C@@H](CC(=O)O)OB2O)CC1. The van der Waals surface area contributed by atoms with E-state index in [1.165, 1.54) is 0 Å². The summed E-state index contributed by atoms with van der Waals surface area (Å²) in [7, 11) is -1.14. The Morgan fingerprint density at radius 1 is 1.14 bits per heavy atom. The first-order valence-electron chi connectivity index (χ1n) is 8.04. The second-order valence-corrected chi connectivity index (χ2v) is 6.48. The van der Waals surface area contributed by atoms with E-state index in [0.717, 1.165) is 25.7 Å². The van der Waals surface area contributed by atoms with Gasteiger partial charge in [-0.1, -0.05) is 0 Å². The molecule has 0 aromatic heterocycles. The average molecular weight is 312 g/mol. The highest BCUT2D eigenvalue weighted by Gasteiger charge is 2.37. The first kappa shape index (κ1) is 17.2. The number of carboxylic acids is 1. The van der Waals surface area contributed by atoms with Gasteiger partial charge in [-0.15, -0.1) is 0 Å². The van der Waals surface area contributed by atoms with E-state index in [9.17, 15) is 14.6 Å². The van der Waals surface area contributed by atoms with Gasteiger partial charge in [0.05, 0.1) is 18.5 Å². The van der Waals surface area contributed by atoms with Crippen molar-refractivity contribution in [3.63, 3.8) is 0 Å². The number of amides is 1. The Morgan fingerprint density at radius 3 is 2.41 bits per heavy atom. The Labute approximate surface area is 130 Å². The minimum Gasteiger partial charge on any atom is -0.481 e. The van der Waals surface area contributed by atoms with Crippen LogP contribution in [-0.4, -0.2) is 47.2 Å². The fourth-order valence-electron chi connectivity index (χ4n) is 3.28. The third-order valence-corrected chi connectivity index (χ3v) is 4.59. The van der Waals surface area contributed by atoms with Crippen molar-refractivity contribution < 1.29 is 24.4 Å². The van der Waals surface area contributed by atoms with Crippen LogP contribution in [0.15, 0.2) is 0 Å². The van der Waals surface area contributed by atoms with Gasteiger partial charge in [-0.05, 0) is 44.4 Å². The van der Waals surface area contributed by atoms with Gasteiger partial charge in [0.2, 0.25) is 5.91 Å². The molecule has 0 bridgehead atoms. The summed E-state index contributed by atoms with van der Waals surface area (Å²) >= 11 is 0. The first-order valence-corrected chi connectivity index (χ1v) is 8.04. The average Bonchev–Trinajstić information content (AvgIpc) is 2.44. The van der Waals surface area contributed by atoms with E-state index >= 15 is 0 Å². The summed E-state index contributed by atoms with van der Waals surface area (Å²) in [5.74, 6) is -1.12. The van der Waals surface area contributed by atoms with Gasteiger partial charge in [0, 0.05) is 12.5 Å². The minimum absolute atomic E-state index is 0.0789. The molecular weight excluding hydrogens is 287 g/mol. The summed E-state index contributed by atoms with van der Waals surface area (Å²) in [4.78, 5) is 22.7. The molecular formula is C14H25BN2O5. The number of hydrogen-bond donors (Lipinski definition) is 4. The molecule has 1 heterocycles. The molecule has 1 aliphatic carbocycles. The predicted molar refractivity (Wildman–Crippen MR) is 80.8 cm³/mol. The van der Waals surface area contributed by atoms with Crippen LogP contribution in [0.2, 0.25) is 0 Å². The summed E-state index contributed by atoms with van der Waals surface area (Å²) in [6.45, 7) is 0. The number of carbonyl (C=O) groups excluding carboxylic acids is 1. The minimum atomic E-state index is -1.14. The van der Waals surface area contributed by atoms with Crippen molar-refractivity contribution in [2.24, 2.45) is 11.7 Å². The summed E-state index contributed by atoms with van der Waals surface area (Å²) in [6.07, 6.45) is 4.76. The van der Waals surface area contributed by atoms with Gasteiger partial charge in [0.1, 0.15) is 0 Å². The van der Waals surface area contributed by atoms with Crippen molar-refractivity contribution in [2.45, 2.75) is 69.5 Å². The summed E-state index contributed by atoms with van der Waals surface area (Å²) < 4.78 is 5.26. The van der Waals surface area contributed by atoms with Crippen molar-refractivity contribution in [3.05, 3.63) is 0 Å². The zero-order valence-electron chi connectivity index (χ0n) is 12.7. The highest BCUT2D eigenvalue weighted by atomic mass is 16.5. The van der Waals surface area contributed by atoms with Crippen LogP contribution in [0.4, 0.5) is 0 Å². The van der Waals surface area contributed by atoms with Crippen LogP contribution in [0.25, 0.3) is 0 Å². The van der Waals surface area contributed by atoms with Crippen LogP contribution in [-0.2, 0) is 14.2 Å². The molecule has 7 nitrogen and oxygen atoms in total. The van der Waals surface area contributed by atoms with E-state index in [0.29, 0.717) is 25.2 Å². The lowest BCUT2D eigenvalue weighted by atomic mass is 9.72. The Balaban J connectivity index is 1.72. The second-order valence-electron chi connectivity index (χ2n) is 6.48. The van der Waals surface area contributed by atoms with Crippen LogP contribution < -0.4 is 11.1 Å². The molecule has 2 rings (SSSR count). The number of rotatable bonds is 5. The van der Waals surface area contributed by atoms with Crippen molar-refractivity contribution in [1.82, 2.24) is 5.32 Å². The number of carboxylic acid groups (broad SMARTS) is 1. The van der Waals surface area contributed by atoms with Gasteiger partial charge in [-0.2, -0.15) is 0 Å². The summed E-state index contributed by atoms with van der Waals surface area (Å²) in [5, 5.41) is 21.4. The Bertz CT molecular complexity index is 401. The van der Waals surface area contributed by atoms with Gasteiger partial charge < -0.3 is 25.8 Å². The highest BCUT2D eigenvalue weighted by molar-refractivity contribution is 6.45. The molecule has 1 saturated heterocycles. The molecule has 2 atom stereocenters. The zero-order chi connectivity index (χ0) is 16.1. The smallest absolute Gasteiger partial charge is 0.478 e. The number of carbonyl (C=O) groups is 2. The largest absolute Gasteiger partial charge is 0.481 e. The molecule has 2 aliphatic rings. The molecule has 1 saturated carbocycles. The molecule has 1 aliphatic heterocycles. The van der Waals surface area contributed by atoms with Crippen molar-refractivity contribution in [3.8, 4) is 0 Å². The molecule has 22 heavy (non-hydrogen) atoms. The van der Waals surface area contributed by atoms with Crippen molar-refractivity contribution >= 4 is 19.0 Å². The van der Waals surface area contributed by atoms with Gasteiger partial charge in [0.15, 0.2) is 0 Å². The maximum atomic E-state index is 12.1. The fraction of sp³-hybridized carbons (Fsp3) is 0.857. The lowest BCUT2D eigenvalue weighted by Gasteiger charge is -2.31.